The van der Waals surface area contributed by atoms with Crippen LogP contribution in [0.25, 0.3) is 0 Å². The lowest BCUT2D eigenvalue weighted by Gasteiger charge is -2.22. The monoisotopic (exact) mass is 237 g/mol. The van der Waals surface area contributed by atoms with E-state index >= 15 is 0 Å². The highest BCUT2D eigenvalue weighted by Crippen LogP contribution is 2.17. The maximum atomic E-state index is 12.9. The van der Waals surface area contributed by atoms with Crippen molar-refractivity contribution in [3.05, 3.63) is 30.1 Å². The summed E-state index contributed by atoms with van der Waals surface area (Å²) in [5.74, 6) is 1.19. The van der Waals surface area contributed by atoms with Crippen LogP contribution < -0.4 is 10.1 Å². The van der Waals surface area contributed by atoms with Crippen molar-refractivity contribution < 1.29 is 9.13 Å². The number of ether oxygens (including phenoxy) is 1. The Morgan fingerprint density at radius 2 is 2.35 bits per heavy atom. The van der Waals surface area contributed by atoms with E-state index in [1.54, 1.807) is 12.1 Å². The molecular weight excluding hydrogens is 217 g/mol. The van der Waals surface area contributed by atoms with E-state index in [2.05, 4.69) is 5.32 Å². The van der Waals surface area contributed by atoms with Crippen LogP contribution >= 0.6 is 0 Å². The lowest BCUT2D eigenvalue weighted by molar-refractivity contribution is 0.274. The van der Waals surface area contributed by atoms with Gasteiger partial charge in [-0.05, 0) is 56.8 Å². The summed E-state index contributed by atoms with van der Waals surface area (Å²) in [5.41, 5.74) is 0. The van der Waals surface area contributed by atoms with Gasteiger partial charge < -0.3 is 10.1 Å². The Kier molecular flexibility index (Phi) is 4.80. The Balaban J connectivity index is 1.62. The molecule has 0 saturated carbocycles. The second kappa shape index (κ2) is 6.60. The number of nitrogens with one attached hydrogen (secondary N) is 1. The third-order valence-electron chi connectivity index (χ3n) is 3.22. The number of hydrogen-bond donors (Lipinski definition) is 1. The summed E-state index contributed by atoms with van der Waals surface area (Å²) < 4.78 is 18.4. The molecule has 2 nitrogen and oxygen atoms in total. The molecule has 1 saturated heterocycles. The third-order valence-corrected chi connectivity index (χ3v) is 3.22. The van der Waals surface area contributed by atoms with Crippen LogP contribution in [0.15, 0.2) is 24.3 Å². The van der Waals surface area contributed by atoms with Crippen LogP contribution in [0.2, 0.25) is 0 Å². The Labute approximate surface area is 102 Å². The van der Waals surface area contributed by atoms with E-state index in [-0.39, 0.29) is 5.82 Å². The zero-order valence-electron chi connectivity index (χ0n) is 10.1. The van der Waals surface area contributed by atoms with Crippen molar-refractivity contribution in [3.63, 3.8) is 0 Å². The van der Waals surface area contributed by atoms with E-state index in [1.165, 1.54) is 31.4 Å². The van der Waals surface area contributed by atoms with Crippen molar-refractivity contribution in [2.24, 2.45) is 5.92 Å². The van der Waals surface area contributed by atoms with Crippen molar-refractivity contribution in [3.8, 4) is 5.75 Å². The molecule has 1 aliphatic heterocycles. The lowest BCUT2D eigenvalue weighted by Crippen LogP contribution is -2.29. The van der Waals surface area contributed by atoms with Gasteiger partial charge in [-0.25, -0.2) is 4.39 Å². The van der Waals surface area contributed by atoms with Gasteiger partial charge in [0, 0.05) is 6.07 Å². The van der Waals surface area contributed by atoms with Crippen LogP contribution in [0.4, 0.5) is 4.39 Å². The molecule has 0 aromatic heterocycles. The molecule has 1 N–H and O–H groups in total. The van der Waals surface area contributed by atoms with Gasteiger partial charge in [-0.3, -0.25) is 0 Å². The van der Waals surface area contributed by atoms with Crippen LogP contribution in [0, 0.1) is 11.7 Å². The summed E-state index contributed by atoms with van der Waals surface area (Å²) in [4.78, 5) is 0. The van der Waals surface area contributed by atoms with Crippen LogP contribution in [-0.2, 0) is 0 Å². The van der Waals surface area contributed by atoms with E-state index in [4.69, 9.17) is 4.74 Å². The summed E-state index contributed by atoms with van der Waals surface area (Å²) in [7, 11) is 0. The number of hydrogen-bond acceptors (Lipinski definition) is 2. The quantitative estimate of drug-likeness (QED) is 0.795. The summed E-state index contributed by atoms with van der Waals surface area (Å²) in [5, 5.41) is 3.41. The van der Waals surface area contributed by atoms with Crippen LogP contribution in [0.3, 0.4) is 0 Å². The molecule has 1 aromatic rings. The Morgan fingerprint density at radius 1 is 1.41 bits per heavy atom. The third kappa shape index (κ3) is 4.35. The summed E-state index contributed by atoms with van der Waals surface area (Å²) in [6.07, 6.45) is 4.85. The molecule has 17 heavy (non-hydrogen) atoms. The molecule has 0 amide bonds. The topological polar surface area (TPSA) is 21.3 Å². The van der Waals surface area contributed by atoms with E-state index in [9.17, 15) is 4.39 Å². The van der Waals surface area contributed by atoms with Crippen molar-refractivity contribution >= 4 is 0 Å². The smallest absolute Gasteiger partial charge is 0.126 e. The van der Waals surface area contributed by atoms with Crippen LogP contribution in [0.1, 0.15) is 25.7 Å². The second-order valence-corrected chi connectivity index (χ2v) is 4.66. The SMILES string of the molecule is Fc1cccc(OCCCC2CCCNC2)c1. The summed E-state index contributed by atoms with van der Waals surface area (Å²) in [6, 6.07) is 6.34. The molecule has 0 aliphatic carbocycles. The first-order valence-electron chi connectivity index (χ1n) is 6.44. The predicted molar refractivity (Wildman–Crippen MR) is 66.7 cm³/mol. The van der Waals surface area contributed by atoms with Crippen molar-refractivity contribution in [1.82, 2.24) is 5.32 Å². The molecule has 1 atom stereocenters. The molecule has 0 spiro atoms. The first-order chi connectivity index (χ1) is 8.34. The van der Waals surface area contributed by atoms with Gasteiger partial charge in [-0.1, -0.05) is 6.07 Å². The van der Waals surface area contributed by atoms with Gasteiger partial charge in [0.2, 0.25) is 0 Å². The molecule has 1 aliphatic rings. The summed E-state index contributed by atoms with van der Waals surface area (Å²) in [6.45, 7) is 2.98. The standard InChI is InChI=1S/C14H20FNO/c15-13-6-1-7-14(10-13)17-9-3-5-12-4-2-8-16-11-12/h1,6-7,10,12,16H,2-5,8-9,11H2. The van der Waals surface area contributed by atoms with Gasteiger partial charge in [0.15, 0.2) is 0 Å². The molecule has 0 bridgehead atoms. The van der Waals surface area contributed by atoms with Gasteiger partial charge in [-0.15, -0.1) is 0 Å². The fourth-order valence-corrected chi connectivity index (χ4v) is 2.29. The van der Waals surface area contributed by atoms with E-state index in [1.807, 2.05) is 0 Å². The number of halogens is 1. The van der Waals surface area contributed by atoms with E-state index in [0.717, 1.165) is 25.4 Å². The molecule has 1 fully saturated rings. The Morgan fingerprint density at radius 3 is 3.12 bits per heavy atom. The molecule has 94 valence electrons. The maximum absolute atomic E-state index is 12.9. The highest BCUT2D eigenvalue weighted by atomic mass is 19.1. The minimum atomic E-state index is -0.237. The number of benzene rings is 1. The first kappa shape index (κ1) is 12.4. The Hall–Kier alpha value is -1.09. The molecule has 3 heteroatoms. The first-order valence-corrected chi connectivity index (χ1v) is 6.44. The number of piperidine rings is 1. The van der Waals surface area contributed by atoms with Gasteiger partial charge >= 0.3 is 0 Å². The van der Waals surface area contributed by atoms with Gasteiger partial charge in [0.25, 0.3) is 0 Å². The predicted octanol–water partition coefficient (Wildman–Crippen LogP) is 2.98. The zero-order valence-corrected chi connectivity index (χ0v) is 10.1. The zero-order chi connectivity index (χ0) is 11.9. The van der Waals surface area contributed by atoms with Crippen LogP contribution in [-0.4, -0.2) is 19.7 Å². The highest BCUT2D eigenvalue weighted by molar-refractivity contribution is 5.22. The Bertz CT molecular complexity index is 337. The molecular formula is C14H20FNO. The largest absolute Gasteiger partial charge is 0.493 e. The summed E-state index contributed by atoms with van der Waals surface area (Å²) >= 11 is 0. The fourth-order valence-electron chi connectivity index (χ4n) is 2.29. The minimum Gasteiger partial charge on any atom is -0.493 e. The maximum Gasteiger partial charge on any atom is 0.126 e. The normalized spacial score (nSPS) is 20.2. The average Bonchev–Trinajstić information content (AvgIpc) is 2.36. The van der Waals surface area contributed by atoms with Gasteiger partial charge in [0.05, 0.1) is 6.61 Å². The molecule has 1 unspecified atom stereocenters. The van der Waals surface area contributed by atoms with E-state index in [0.29, 0.717) is 12.4 Å². The molecule has 1 aromatic carbocycles. The fraction of sp³-hybridized carbons (Fsp3) is 0.571. The van der Waals surface area contributed by atoms with E-state index < -0.39 is 0 Å². The lowest BCUT2D eigenvalue weighted by atomic mass is 9.95. The molecule has 2 rings (SSSR count). The van der Waals surface area contributed by atoms with Crippen molar-refractivity contribution in [1.29, 1.82) is 0 Å². The van der Waals surface area contributed by atoms with Crippen LogP contribution in [0.5, 0.6) is 5.75 Å². The second-order valence-electron chi connectivity index (χ2n) is 4.66. The molecule has 1 heterocycles. The minimum absolute atomic E-state index is 0.237. The van der Waals surface area contributed by atoms with Crippen molar-refractivity contribution in [2.75, 3.05) is 19.7 Å². The molecule has 0 radical (unpaired) electrons. The van der Waals surface area contributed by atoms with Gasteiger partial charge in [0.1, 0.15) is 11.6 Å². The van der Waals surface area contributed by atoms with Crippen molar-refractivity contribution in [2.45, 2.75) is 25.7 Å². The highest BCUT2D eigenvalue weighted by Gasteiger charge is 2.12. The van der Waals surface area contributed by atoms with Gasteiger partial charge in [-0.2, -0.15) is 0 Å². The number of rotatable bonds is 5. The average molecular weight is 237 g/mol.